The Balaban J connectivity index is 0.00000243. The van der Waals surface area contributed by atoms with Crippen LogP contribution in [0.15, 0.2) is 46.8 Å². The number of anilines is 1. The number of hydrogen-bond acceptors (Lipinski definition) is 4. The zero-order valence-corrected chi connectivity index (χ0v) is 18.2. The van der Waals surface area contributed by atoms with Crippen LogP contribution in [0.5, 0.6) is 5.75 Å². The number of nitrogens with zero attached hydrogens (tertiary/aromatic N) is 2. The molecule has 1 aliphatic heterocycles. The second-order valence-corrected chi connectivity index (χ2v) is 7.43. The number of piperidine rings is 1. The molecule has 1 aromatic carbocycles. The molecule has 0 aliphatic carbocycles. The maximum Gasteiger partial charge on any atom is 0.193 e. The van der Waals surface area contributed by atoms with Crippen molar-refractivity contribution in [1.29, 1.82) is 0 Å². The van der Waals surface area contributed by atoms with Crippen LogP contribution in [0.25, 0.3) is 0 Å². The Morgan fingerprint density at radius 3 is 2.85 bits per heavy atom. The highest BCUT2D eigenvalue weighted by molar-refractivity contribution is 14.0. The third-order valence-corrected chi connectivity index (χ3v) is 5.31. The summed E-state index contributed by atoms with van der Waals surface area (Å²) in [4.78, 5) is 8.51. The van der Waals surface area contributed by atoms with Gasteiger partial charge in [0, 0.05) is 30.2 Å². The first-order valence-corrected chi connectivity index (χ1v) is 9.56. The lowest BCUT2D eigenvalue weighted by Crippen LogP contribution is -2.36. The minimum absolute atomic E-state index is 0. The van der Waals surface area contributed by atoms with Gasteiger partial charge in [0.25, 0.3) is 0 Å². The Hall–Kier alpha value is -1.32. The lowest BCUT2D eigenvalue weighted by Gasteiger charge is -2.31. The van der Waals surface area contributed by atoms with Crippen LogP contribution in [-0.2, 0) is 6.54 Å². The van der Waals surface area contributed by atoms with Crippen molar-refractivity contribution in [3.63, 3.8) is 0 Å². The summed E-state index contributed by atoms with van der Waals surface area (Å²) < 4.78 is 5.16. The smallest absolute Gasteiger partial charge is 0.193 e. The van der Waals surface area contributed by atoms with Crippen LogP contribution in [-0.4, -0.2) is 37.6 Å². The minimum atomic E-state index is 0. The van der Waals surface area contributed by atoms with Crippen molar-refractivity contribution >= 4 is 47.0 Å². The predicted octanol–water partition coefficient (Wildman–Crippen LogP) is 4.01. The molecule has 3 rings (SSSR count). The van der Waals surface area contributed by atoms with E-state index in [0.717, 1.165) is 31.1 Å². The highest BCUT2D eigenvalue weighted by atomic mass is 127. The Kier molecular flexibility index (Phi) is 8.67. The van der Waals surface area contributed by atoms with E-state index in [2.05, 4.69) is 32.7 Å². The maximum atomic E-state index is 6.03. The first-order valence-electron chi connectivity index (χ1n) is 8.68. The fraction of sp³-hybridized carbons (Fsp3) is 0.421. The third kappa shape index (κ3) is 6.44. The van der Waals surface area contributed by atoms with Crippen molar-refractivity contribution in [3.8, 4) is 5.75 Å². The number of nitrogens with two attached hydrogens (primary N) is 1. The number of benzene rings is 1. The van der Waals surface area contributed by atoms with Gasteiger partial charge in [-0.25, -0.2) is 0 Å². The first kappa shape index (κ1) is 21.0. The summed E-state index contributed by atoms with van der Waals surface area (Å²) in [6, 6.07) is 12.0. The lowest BCUT2D eigenvalue weighted by molar-refractivity contribution is 0.172. The highest BCUT2D eigenvalue weighted by Crippen LogP contribution is 2.21. The second kappa shape index (κ2) is 10.7. The maximum absolute atomic E-state index is 6.03. The average molecular weight is 486 g/mol. The van der Waals surface area contributed by atoms with Gasteiger partial charge in [-0.05, 0) is 61.0 Å². The van der Waals surface area contributed by atoms with E-state index in [4.69, 9.17) is 10.5 Å². The molecular weight excluding hydrogens is 459 g/mol. The molecule has 26 heavy (non-hydrogen) atoms. The number of ether oxygens (including phenoxy) is 1. The van der Waals surface area contributed by atoms with Crippen molar-refractivity contribution < 1.29 is 4.74 Å². The average Bonchev–Trinajstić information content (AvgIpc) is 3.14. The molecule has 5 nitrogen and oxygen atoms in total. The summed E-state index contributed by atoms with van der Waals surface area (Å²) in [5.41, 5.74) is 6.95. The minimum Gasteiger partial charge on any atom is -0.497 e. The molecule has 1 unspecified atom stereocenters. The SMILES string of the molecule is COc1ccc(NC(N)=NCC2CCCN(Cc3cccs3)C2)cc1.I. The van der Waals surface area contributed by atoms with Gasteiger partial charge >= 0.3 is 0 Å². The summed E-state index contributed by atoms with van der Waals surface area (Å²) in [5, 5.41) is 5.29. The normalized spacial score (nSPS) is 18.2. The zero-order valence-electron chi connectivity index (χ0n) is 15.1. The van der Waals surface area contributed by atoms with E-state index < -0.39 is 0 Å². The molecule has 0 amide bonds. The highest BCUT2D eigenvalue weighted by Gasteiger charge is 2.20. The van der Waals surface area contributed by atoms with E-state index in [1.807, 2.05) is 35.6 Å². The molecule has 1 aromatic heterocycles. The largest absolute Gasteiger partial charge is 0.497 e. The van der Waals surface area contributed by atoms with Crippen LogP contribution < -0.4 is 15.8 Å². The van der Waals surface area contributed by atoms with E-state index in [0.29, 0.717) is 11.9 Å². The molecular formula is C19H27IN4OS. The molecule has 0 saturated carbocycles. The standard InChI is InChI=1S/C19H26N4OS.HI/c1-24-17-8-6-16(7-9-17)22-19(20)21-12-15-4-2-10-23(13-15)14-18-5-3-11-25-18;/h3,5-9,11,15H,2,4,10,12-14H2,1H3,(H3,20,21,22);1H. The number of methoxy groups -OCH3 is 1. The van der Waals surface area contributed by atoms with Crippen LogP contribution in [0.4, 0.5) is 5.69 Å². The number of thiophene rings is 1. The van der Waals surface area contributed by atoms with Crippen LogP contribution in [0.1, 0.15) is 17.7 Å². The number of aliphatic imine (C=N–C) groups is 1. The fourth-order valence-corrected chi connectivity index (χ4v) is 3.90. The Labute approximate surface area is 176 Å². The van der Waals surface area contributed by atoms with Gasteiger partial charge in [0.05, 0.1) is 7.11 Å². The predicted molar refractivity (Wildman–Crippen MR) is 121 cm³/mol. The van der Waals surface area contributed by atoms with E-state index in [1.54, 1.807) is 7.11 Å². The van der Waals surface area contributed by atoms with Gasteiger partial charge in [-0.2, -0.15) is 0 Å². The third-order valence-electron chi connectivity index (χ3n) is 4.44. The van der Waals surface area contributed by atoms with Crippen molar-refractivity contribution in [3.05, 3.63) is 46.7 Å². The second-order valence-electron chi connectivity index (χ2n) is 6.40. The number of likely N-dealkylation sites (tertiary alicyclic amines) is 1. The van der Waals surface area contributed by atoms with Crippen molar-refractivity contribution in [1.82, 2.24) is 4.90 Å². The van der Waals surface area contributed by atoms with E-state index >= 15 is 0 Å². The zero-order chi connectivity index (χ0) is 17.5. The monoisotopic (exact) mass is 486 g/mol. The van der Waals surface area contributed by atoms with Crippen molar-refractivity contribution in [2.75, 3.05) is 32.1 Å². The Morgan fingerprint density at radius 1 is 1.35 bits per heavy atom. The van der Waals surface area contributed by atoms with Crippen LogP contribution in [0, 0.1) is 5.92 Å². The Bertz CT molecular complexity index is 675. The molecule has 1 atom stereocenters. The van der Waals surface area contributed by atoms with Gasteiger partial charge in [-0.15, -0.1) is 35.3 Å². The number of guanidine groups is 1. The molecule has 1 saturated heterocycles. The number of rotatable bonds is 6. The molecule has 1 aliphatic rings. The summed E-state index contributed by atoms with van der Waals surface area (Å²) >= 11 is 1.83. The van der Waals surface area contributed by atoms with Crippen molar-refractivity contribution in [2.45, 2.75) is 19.4 Å². The lowest BCUT2D eigenvalue weighted by atomic mass is 9.98. The molecule has 0 radical (unpaired) electrons. The van der Waals surface area contributed by atoms with E-state index in [-0.39, 0.29) is 24.0 Å². The fourth-order valence-electron chi connectivity index (χ4n) is 3.16. The molecule has 3 N–H and O–H groups in total. The summed E-state index contributed by atoms with van der Waals surface area (Å²) in [7, 11) is 1.66. The molecule has 0 bridgehead atoms. The van der Waals surface area contributed by atoms with Gasteiger partial charge in [0.1, 0.15) is 5.75 Å². The number of hydrogen-bond donors (Lipinski definition) is 2. The number of nitrogens with one attached hydrogen (secondary N) is 1. The molecule has 2 heterocycles. The number of halogens is 1. The summed E-state index contributed by atoms with van der Waals surface area (Å²) in [6.45, 7) is 4.10. The van der Waals surface area contributed by atoms with Gasteiger partial charge in [-0.3, -0.25) is 9.89 Å². The first-order chi connectivity index (χ1) is 12.2. The van der Waals surface area contributed by atoms with Gasteiger partial charge in [0.15, 0.2) is 5.96 Å². The topological polar surface area (TPSA) is 62.9 Å². The molecule has 142 valence electrons. The van der Waals surface area contributed by atoms with Crippen molar-refractivity contribution in [2.24, 2.45) is 16.6 Å². The van der Waals surface area contributed by atoms with Crippen LogP contribution in [0.2, 0.25) is 0 Å². The summed E-state index contributed by atoms with van der Waals surface area (Å²) in [5.74, 6) is 1.87. The Morgan fingerprint density at radius 2 is 2.15 bits per heavy atom. The quantitative estimate of drug-likeness (QED) is 0.368. The van der Waals surface area contributed by atoms with Crippen LogP contribution in [0.3, 0.4) is 0 Å². The molecule has 2 aromatic rings. The summed E-state index contributed by atoms with van der Waals surface area (Å²) in [6.07, 6.45) is 2.46. The molecule has 0 spiro atoms. The van der Waals surface area contributed by atoms with E-state index in [9.17, 15) is 0 Å². The van der Waals surface area contributed by atoms with Gasteiger partial charge < -0.3 is 15.8 Å². The van der Waals surface area contributed by atoms with Gasteiger partial charge in [-0.1, -0.05) is 6.07 Å². The molecule has 1 fully saturated rings. The van der Waals surface area contributed by atoms with E-state index in [1.165, 1.54) is 24.3 Å². The van der Waals surface area contributed by atoms with Gasteiger partial charge in [0.2, 0.25) is 0 Å². The molecule has 7 heteroatoms. The van der Waals surface area contributed by atoms with Crippen LogP contribution >= 0.6 is 35.3 Å².